The van der Waals surface area contributed by atoms with Crippen molar-refractivity contribution in [2.24, 2.45) is 0 Å². The first-order chi connectivity index (χ1) is 11.5. The zero-order valence-electron chi connectivity index (χ0n) is 14.4. The number of rotatable bonds is 8. The van der Waals surface area contributed by atoms with Crippen molar-refractivity contribution in [3.63, 3.8) is 0 Å². The van der Waals surface area contributed by atoms with Gasteiger partial charge in [-0.1, -0.05) is 62.1 Å². The van der Waals surface area contributed by atoms with Crippen LogP contribution in [0.5, 0.6) is 5.75 Å². The molecule has 1 aromatic heterocycles. The number of carbonyl (C=O) groups is 1. The fourth-order valence-electron chi connectivity index (χ4n) is 2.02. The highest BCUT2D eigenvalue weighted by Crippen LogP contribution is 2.28. The van der Waals surface area contributed by atoms with Gasteiger partial charge in [0.2, 0.25) is 5.13 Å². The minimum atomic E-state index is -0.611. The lowest BCUT2D eigenvalue weighted by Crippen LogP contribution is -2.30. The summed E-state index contributed by atoms with van der Waals surface area (Å²) in [4.78, 5) is 12.3. The number of amides is 1. The summed E-state index contributed by atoms with van der Waals surface area (Å²) < 4.78 is 6.72. The maximum Gasteiger partial charge on any atom is 0.266 e. The van der Waals surface area contributed by atoms with E-state index in [1.807, 2.05) is 24.3 Å². The maximum atomic E-state index is 12.3. The number of ether oxygens (including phenoxy) is 1. The van der Waals surface area contributed by atoms with E-state index in [4.69, 9.17) is 4.74 Å². The number of anilines is 1. The molecule has 2 aromatic rings. The maximum absolute atomic E-state index is 12.3. The third-order valence-electron chi connectivity index (χ3n) is 3.28. The van der Waals surface area contributed by atoms with Gasteiger partial charge in [-0.3, -0.25) is 10.1 Å². The molecule has 1 N–H and O–H groups in total. The summed E-state index contributed by atoms with van der Waals surface area (Å²) in [5, 5.41) is 11.3. The Balaban J connectivity index is 1.96. The van der Waals surface area contributed by atoms with E-state index in [1.54, 1.807) is 18.7 Å². The Hall–Kier alpha value is -1.60. The van der Waals surface area contributed by atoms with Gasteiger partial charge < -0.3 is 4.74 Å². The predicted octanol–water partition coefficient (Wildman–Crippen LogP) is 4.57. The Morgan fingerprint density at radius 3 is 2.75 bits per heavy atom. The summed E-state index contributed by atoms with van der Waals surface area (Å²) in [6.45, 7) is 8.05. The SMILES string of the molecule is CCCSc1nnc(NC(=O)C(C)Oc2ccccc2C(C)C)s1. The van der Waals surface area contributed by atoms with Crippen molar-refractivity contribution in [2.75, 3.05) is 11.1 Å². The number of thioether (sulfide) groups is 1. The summed E-state index contributed by atoms with van der Waals surface area (Å²) in [5.74, 6) is 1.84. The Bertz CT molecular complexity index is 673. The molecule has 0 saturated carbocycles. The van der Waals surface area contributed by atoms with Gasteiger partial charge in [-0.25, -0.2) is 0 Å². The molecule has 5 nitrogen and oxygen atoms in total. The molecule has 24 heavy (non-hydrogen) atoms. The molecule has 1 aromatic carbocycles. The third kappa shape index (κ3) is 5.21. The molecular weight excluding hydrogens is 342 g/mol. The molecule has 0 radical (unpaired) electrons. The number of para-hydroxylation sites is 1. The molecule has 1 unspecified atom stereocenters. The van der Waals surface area contributed by atoms with Gasteiger partial charge in [0, 0.05) is 5.75 Å². The highest BCUT2D eigenvalue weighted by atomic mass is 32.2. The van der Waals surface area contributed by atoms with Crippen LogP contribution in [0.4, 0.5) is 5.13 Å². The number of carbonyl (C=O) groups excluding carboxylic acids is 1. The molecule has 0 saturated heterocycles. The van der Waals surface area contributed by atoms with Crippen LogP contribution in [0.25, 0.3) is 0 Å². The first kappa shape index (κ1) is 18.7. The zero-order chi connectivity index (χ0) is 17.5. The second-order valence-corrected chi connectivity index (χ2v) is 7.98. The van der Waals surface area contributed by atoms with E-state index in [2.05, 4.69) is 36.3 Å². The number of aromatic nitrogens is 2. The number of nitrogens with zero attached hydrogens (tertiary/aromatic N) is 2. The number of benzene rings is 1. The molecule has 0 aliphatic carbocycles. The van der Waals surface area contributed by atoms with Crippen LogP contribution in [-0.2, 0) is 4.79 Å². The molecule has 1 atom stereocenters. The average molecular weight is 366 g/mol. The Labute approximate surface area is 151 Å². The van der Waals surface area contributed by atoms with Crippen LogP contribution >= 0.6 is 23.1 Å². The quantitative estimate of drug-likeness (QED) is 0.548. The standard InChI is InChI=1S/C17H23N3O2S2/c1-5-10-23-17-20-19-16(24-17)18-15(21)12(4)22-14-9-7-6-8-13(14)11(2)3/h6-9,11-12H,5,10H2,1-4H3,(H,18,19,21). The minimum absolute atomic E-state index is 0.225. The molecule has 0 fully saturated rings. The summed E-state index contributed by atoms with van der Waals surface area (Å²) in [7, 11) is 0. The summed E-state index contributed by atoms with van der Waals surface area (Å²) in [6, 6.07) is 7.80. The lowest BCUT2D eigenvalue weighted by atomic mass is 10.0. The molecule has 130 valence electrons. The second-order valence-electron chi connectivity index (χ2n) is 5.66. The monoisotopic (exact) mass is 365 g/mol. The first-order valence-corrected chi connectivity index (χ1v) is 9.84. The van der Waals surface area contributed by atoms with Crippen LogP contribution in [0, 0.1) is 0 Å². The molecule has 1 amide bonds. The average Bonchev–Trinajstić information content (AvgIpc) is 3.00. The molecule has 1 heterocycles. The number of hydrogen-bond acceptors (Lipinski definition) is 6. The van der Waals surface area contributed by atoms with Crippen LogP contribution in [0.2, 0.25) is 0 Å². The van der Waals surface area contributed by atoms with Crippen LogP contribution in [0.15, 0.2) is 28.6 Å². The van der Waals surface area contributed by atoms with Gasteiger partial charge in [0.05, 0.1) is 0 Å². The van der Waals surface area contributed by atoms with Gasteiger partial charge in [0.15, 0.2) is 10.4 Å². The smallest absolute Gasteiger partial charge is 0.266 e. The van der Waals surface area contributed by atoms with Crippen LogP contribution in [0.3, 0.4) is 0 Å². The van der Waals surface area contributed by atoms with Gasteiger partial charge in [-0.05, 0) is 30.9 Å². The van der Waals surface area contributed by atoms with E-state index < -0.39 is 6.10 Å². The van der Waals surface area contributed by atoms with Crippen LogP contribution < -0.4 is 10.1 Å². The zero-order valence-corrected chi connectivity index (χ0v) is 16.0. The van der Waals surface area contributed by atoms with E-state index in [0.29, 0.717) is 11.0 Å². The van der Waals surface area contributed by atoms with E-state index >= 15 is 0 Å². The van der Waals surface area contributed by atoms with Gasteiger partial charge >= 0.3 is 0 Å². The number of hydrogen-bond donors (Lipinski definition) is 1. The molecule has 0 spiro atoms. The Kier molecular flexibility index (Phi) is 7.05. The van der Waals surface area contributed by atoms with Gasteiger partial charge in [-0.15, -0.1) is 10.2 Å². The van der Waals surface area contributed by atoms with Crippen molar-refractivity contribution >= 4 is 34.1 Å². The Morgan fingerprint density at radius 1 is 1.29 bits per heavy atom. The van der Waals surface area contributed by atoms with Crippen LogP contribution in [-0.4, -0.2) is 28.0 Å². The highest BCUT2D eigenvalue weighted by molar-refractivity contribution is 8.01. The van der Waals surface area contributed by atoms with E-state index in [-0.39, 0.29) is 5.91 Å². The van der Waals surface area contributed by atoms with Crippen LogP contribution in [0.1, 0.15) is 45.6 Å². The fourth-order valence-corrected chi connectivity index (χ4v) is 3.70. The van der Waals surface area contributed by atoms with E-state index in [9.17, 15) is 4.79 Å². The summed E-state index contributed by atoms with van der Waals surface area (Å²) >= 11 is 3.03. The summed E-state index contributed by atoms with van der Waals surface area (Å²) in [6.07, 6.45) is 0.465. The highest BCUT2D eigenvalue weighted by Gasteiger charge is 2.19. The molecule has 2 rings (SSSR count). The number of nitrogens with one attached hydrogen (secondary N) is 1. The minimum Gasteiger partial charge on any atom is -0.481 e. The topological polar surface area (TPSA) is 64.1 Å². The van der Waals surface area contributed by atoms with Gasteiger partial charge in [0.25, 0.3) is 5.91 Å². The van der Waals surface area contributed by atoms with Gasteiger partial charge in [-0.2, -0.15) is 0 Å². The van der Waals surface area contributed by atoms with Gasteiger partial charge in [0.1, 0.15) is 5.75 Å². The Morgan fingerprint density at radius 2 is 2.04 bits per heavy atom. The third-order valence-corrected chi connectivity index (χ3v) is 5.46. The predicted molar refractivity (Wildman–Crippen MR) is 100 cm³/mol. The van der Waals surface area contributed by atoms with Crippen molar-refractivity contribution in [1.82, 2.24) is 10.2 Å². The second kappa shape index (κ2) is 9.03. The van der Waals surface area contributed by atoms with Crippen molar-refractivity contribution in [2.45, 2.75) is 50.5 Å². The van der Waals surface area contributed by atoms with E-state index in [0.717, 1.165) is 27.8 Å². The van der Waals surface area contributed by atoms with E-state index in [1.165, 1.54) is 11.3 Å². The summed E-state index contributed by atoms with van der Waals surface area (Å²) in [5.41, 5.74) is 1.09. The molecular formula is C17H23N3O2S2. The molecule has 0 bridgehead atoms. The van der Waals surface area contributed by atoms with Crippen molar-refractivity contribution < 1.29 is 9.53 Å². The molecule has 0 aliphatic heterocycles. The first-order valence-electron chi connectivity index (χ1n) is 8.04. The fraction of sp³-hybridized carbons (Fsp3) is 0.471. The molecule has 7 heteroatoms. The lowest BCUT2D eigenvalue weighted by Gasteiger charge is -2.18. The normalized spacial score (nSPS) is 12.2. The van der Waals surface area contributed by atoms with Crippen molar-refractivity contribution in [1.29, 1.82) is 0 Å². The lowest BCUT2D eigenvalue weighted by molar-refractivity contribution is -0.122. The molecule has 0 aliphatic rings. The van der Waals surface area contributed by atoms with Crippen molar-refractivity contribution in [3.05, 3.63) is 29.8 Å². The van der Waals surface area contributed by atoms with Crippen molar-refractivity contribution in [3.8, 4) is 5.75 Å². The largest absolute Gasteiger partial charge is 0.481 e.